The van der Waals surface area contributed by atoms with Crippen molar-refractivity contribution in [3.05, 3.63) is 53.6 Å². The minimum Gasteiger partial charge on any atom is -0.289 e. The van der Waals surface area contributed by atoms with Gasteiger partial charge in [-0.3, -0.25) is 20.0 Å². The number of aromatic nitrogens is 2. The minimum atomic E-state index is -3.95. The van der Waals surface area contributed by atoms with Crippen molar-refractivity contribution in [3.63, 3.8) is 0 Å². The molecule has 1 amide bonds. The van der Waals surface area contributed by atoms with Crippen molar-refractivity contribution in [1.29, 1.82) is 0 Å². The van der Waals surface area contributed by atoms with Crippen LogP contribution >= 0.6 is 0 Å². The Kier molecular flexibility index (Phi) is 4.31. The molecule has 9 heteroatoms. The van der Waals surface area contributed by atoms with Gasteiger partial charge in [-0.05, 0) is 18.6 Å². The van der Waals surface area contributed by atoms with Gasteiger partial charge >= 0.3 is 0 Å². The van der Waals surface area contributed by atoms with Gasteiger partial charge in [-0.25, -0.2) is 13.9 Å². The second-order valence-corrected chi connectivity index (χ2v) is 7.32. The van der Waals surface area contributed by atoms with Gasteiger partial charge in [0.25, 0.3) is 5.91 Å². The average molecular weight is 348 g/mol. The number of carbonyl (C=O) groups excluding carboxylic acids is 1. The molecule has 24 heavy (non-hydrogen) atoms. The predicted octanol–water partition coefficient (Wildman–Crippen LogP) is 0.406. The molecular weight excluding hydrogens is 332 g/mol. The molecule has 2 aromatic rings. The van der Waals surface area contributed by atoms with E-state index in [1.165, 1.54) is 18.5 Å². The van der Waals surface area contributed by atoms with Gasteiger partial charge in [0, 0.05) is 18.8 Å². The van der Waals surface area contributed by atoms with Crippen molar-refractivity contribution in [1.82, 2.24) is 19.8 Å². The number of fused-ring (bicyclic) bond motifs is 1. The van der Waals surface area contributed by atoms with Gasteiger partial charge in [0.05, 0.1) is 22.8 Å². The number of benzene rings is 1. The smallest absolute Gasteiger partial charge is 0.262 e. The number of amides is 1. The molecule has 0 bridgehead atoms. The molecule has 0 fully saturated rings. The second-order valence-electron chi connectivity index (χ2n) is 5.46. The molecule has 1 aliphatic heterocycles. The second kappa shape index (κ2) is 6.27. The first kappa shape index (κ1) is 16.5. The Morgan fingerprint density at radius 2 is 1.92 bits per heavy atom. The molecule has 1 aliphatic rings. The Morgan fingerprint density at radius 1 is 1.25 bits per heavy atom. The highest BCUT2D eigenvalue weighted by Gasteiger charge is 2.41. The zero-order valence-electron chi connectivity index (χ0n) is 12.9. The number of nitrogens with one attached hydrogen (secondary N) is 1. The SMILES string of the molecule is Cc1ccccc1S(=O)(=O)N1Cc2nccnc2C[C@@H]1C(=O)NO. The Balaban J connectivity index is 2.10. The maximum atomic E-state index is 13.1. The van der Waals surface area contributed by atoms with E-state index in [2.05, 4.69) is 9.97 Å². The summed E-state index contributed by atoms with van der Waals surface area (Å²) in [7, 11) is -3.95. The summed E-state index contributed by atoms with van der Waals surface area (Å²) in [5, 5.41) is 8.99. The minimum absolute atomic E-state index is 0.0423. The summed E-state index contributed by atoms with van der Waals surface area (Å²) in [6.45, 7) is 1.60. The van der Waals surface area contributed by atoms with Crippen LogP contribution in [0.15, 0.2) is 41.6 Å². The fraction of sp³-hybridized carbons (Fsp3) is 0.267. The molecule has 2 N–H and O–H groups in total. The van der Waals surface area contributed by atoms with Crippen LogP contribution in [-0.4, -0.2) is 39.8 Å². The lowest BCUT2D eigenvalue weighted by Gasteiger charge is -2.33. The Hall–Kier alpha value is -2.36. The van der Waals surface area contributed by atoms with Crippen molar-refractivity contribution in [2.24, 2.45) is 0 Å². The lowest BCUT2D eigenvalue weighted by Crippen LogP contribution is -2.52. The summed E-state index contributed by atoms with van der Waals surface area (Å²) in [6.07, 6.45) is 3.00. The van der Waals surface area contributed by atoms with Crippen LogP contribution in [0.2, 0.25) is 0 Å². The van der Waals surface area contributed by atoms with E-state index in [9.17, 15) is 13.2 Å². The topological polar surface area (TPSA) is 112 Å². The first-order chi connectivity index (χ1) is 11.4. The van der Waals surface area contributed by atoms with Crippen LogP contribution in [0.5, 0.6) is 0 Å². The summed E-state index contributed by atoms with van der Waals surface area (Å²) in [5.41, 5.74) is 3.16. The van der Waals surface area contributed by atoms with E-state index < -0.39 is 22.0 Å². The third-order valence-electron chi connectivity index (χ3n) is 3.99. The van der Waals surface area contributed by atoms with E-state index in [4.69, 9.17) is 5.21 Å². The molecule has 0 aliphatic carbocycles. The maximum absolute atomic E-state index is 13.1. The summed E-state index contributed by atoms with van der Waals surface area (Å²) in [4.78, 5) is 20.5. The monoisotopic (exact) mass is 348 g/mol. The first-order valence-electron chi connectivity index (χ1n) is 7.25. The number of aryl methyl sites for hydroxylation is 1. The molecule has 1 aromatic carbocycles. The van der Waals surface area contributed by atoms with Crippen molar-refractivity contribution in [3.8, 4) is 0 Å². The van der Waals surface area contributed by atoms with E-state index in [-0.39, 0.29) is 17.9 Å². The average Bonchev–Trinajstić information content (AvgIpc) is 2.60. The molecule has 0 radical (unpaired) electrons. The highest BCUT2D eigenvalue weighted by Crippen LogP contribution is 2.28. The van der Waals surface area contributed by atoms with Crippen molar-refractivity contribution >= 4 is 15.9 Å². The summed E-state index contributed by atoms with van der Waals surface area (Å²) < 4.78 is 27.2. The largest absolute Gasteiger partial charge is 0.289 e. The molecule has 8 nitrogen and oxygen atoms in total. The summed E-state index contributed by atoms with van der Waals surface area (Å²) in [6, 6.07) is 5.45. The van der Waals surface area contributed by atoms with Gasteiger partial charge in [0.1, 0.15) is 6.04 Å². The van der Waals surface area contributed by atoms with Gasteiger partial charge in [0.15, 0.2) is 0 Å². The fourth-order valence-electron chi connectivity index (χ4n) is 2.76. The highest BCUT2D eigenvalue weighted by atomic mass is 32.2. The number of rotatable bonds is 3. The lowest BCUT2D eigenvalue weighted by molar-refractivity contribution is -0.133. The standard InChI is InChI=1S/C15H16N4O4S/c1-10-4-2-3-5-14(10)24(22,23)19-9-12-11(16-6-7-17-12)8-13(19)15(20)18-21/h2-7,13,21H,8-9H2,1H3,(H,18,20)/t13-/m1/s1. The summed E-state index contributed by atoms with van der Waals surface area (Å²) in [5.74, 6) is -0.802. The van der Waals surface area contributed by atoms with Crippen molar-refractivity contribution in [2.45, 2.75) is 30.8 Å². The summed E-state index contributed by atoms with van der Waals surface area (Å²) >= 11 is 0. The maximum Gasteiger partial charge on any atom is 0.262 e. The van der Waals surface area contributed by atoms with Crippen LogP contribution in [0, 0.1) is 6.92 Å². The quantitative estimate of drug-likeness (QED) is 0.613. The molecule has 1 atom stereocenters. The number of hydrogen-bond donors (Lipinski definition) is 2. The zero-order valence-corrected chi connectivity index (χ0v) is 13.7. The molecule has 0 spiro atoms. The fourth-order valence-corrected chi connectivity index (χ4v) is 4.54. The number of nitrogens with zero attached hydrogens (tertiary/aromatic N) is 3. The Bertz CT molecular complexity index is 885. The third-order valence-corrected chi connectivity index (χ3v) is 6.01. The van der Waals surface area contributed by atoms with E-state index in [0.29, 0.717) is 17.0 Å². The van der Waals surface area contributed by atoms with Gasteiger partial charge in [-0.1, -0.05) is 18.2 Å². The Morgan fingerprint density at radius 3 is 2.58 bits per heavy atom. The van der Waals surface area contributed by atoms with Crippen molar-refractivity contribution in [2.75, 3.05) is 0 Å². The van der Waals surface area contributed by atoms with Gasteiger partial charge in [-0.15, -0.1) is 0 Å². The molecule has 2 heterocycles. The van der Waals surface area contributed by atoms with Crippen LogP contribution in [0.1, 0.15) is 17.0 Å². The van der Waals surface area contributed by atoms with Crippen LogP contribution in [0.3, 0.4) is 0 Å². The Labute approximate surface area is 139 Å². The van der Waals surface area contributed by atoms with Gasteiger partial charge < -0.3 is 0 Å². The van der Waals surface area contributed by atoms with Crippen LogP contribution in [0.4, 0.5) is 0 Å². The zero-order chi connectivity index (χ0) is 17.3. The molecule has 126 valence electrons. The van der Waals surface area contributed by atoms with Crippen LogP contribution in [-0.2, 0) is 27.8 Å². The molecule has 0 saturated heterocycles. The van der Waals surface area contributed by atoms with Gasteiger partial charge in [-0.2, -0.15) is 4.31 Å². The molecule has 0 saturated carbocycles. The van der Waals surface area contributed by atoms with E-state index in [0.717, 1.165) is 4.31 Å². The van der Waals surface area contributed by atoms with E-state index >= 15 is 0 Å². The number of hydrogen-bond acceptors (Lipinski definition) is 6. The third kappa shape index (κ3) is 2.77. The number of carbonyl (C=O) groups is 1. The first-order valence-corrected chi connectivity index (χ1v) is 8.69. The molecule has 1 aromatic heterocycles. The molecular formula is C15H16N4O4S. The van der Waals surface area contributed by atoms with E-state index in [1.54, 1.807) is 30.6 Å². The number of sulfonamides is 1. The molecule has 3 rings (SSSR count). The lowest BCUT2D eigenvalue weighted by atomic mass is 10.0. The highest BCUT2D eigenvalue weighted by molar-refractivity contribution is 7.89. The molecule has 0 unspecified atom stereocenters. The van der Waals surface area contributed by atoms with Crippen LogP contribution in [0.25, 0.3) is 0 Å². The normalized spacial score (nSPS) is 18.0. The van der Waals surface area contributed by atoms with Gasteiger partial charge in [0.2, 0.25) is 10.0 Å². The predicted molar refractivity (Wildman–Crippen MR) is 83.4 cm³/mol. The number of hydroxylamine groups is 1. The van der Waals surface area contributed by atoms with E-state index in [1.807, 2.05) is 0 Å². The van der Waals surface area contributed by atoms with Crippen LogP contribution < -0.4 is 5.48 Å². The van der Waals surface area contributed by atoms with Crippen molar-refractivity contribution < 1.29 is 18.4 Å².